The summed E-state index contributed by atoms with van der Waals surface area (Å²) >= 11 is 11.9. The molecule has 6 nitrogen and oxygen atoms in total. The zero-order chi connectivity index (χ0) is 20.5. The first-order valence-corrected chi connectivity index (χ1v) is 10.5. The highest BCUT2D eigenvalue weighted by atomic mass is 35.5. The number of hydrogen-bond donors (Lipinski definition) is 2. The average Bonchev–Trinajstić information content (AvgIpc) is 2.76. The second-order valence-corrected chi connectivity index (χ2v) is 7.66. The van der Waals surface area contributed by atoms with E-state index in [9.17, 15) is 0 Å². The zero-order valence-electron chi connectivity index (χ0n) is 16.6. The highest BCUT2D eigenvalue weighted by Gasteiger charge is 2.22. The summed E-state index contributed by atoms with van der Waals surface area (Å²) in [5.41, 5.74) is 2.36. The van der Waals surface area contributed by atoms with Gasteiger partial charge in [0.25, 0.3) is 0 Å². The van der Waals surface area contributed by atoms with Gasteiger partial charge < -0.3 is 15.4 Å². The maximum atomic E-state index is 6.08. The Morgan fingerprint density at radius 3 is 2.55 bits per heavy atom. The first kappa shape index (κ1) is 21.8. The van der Waals surface area contributed by atoms with Crippen molar-refractivity contribution >= 4 is 29.2 Å². The van der Waals surface area contributed by atoms with Crippen LogP contribution >= 0.6 is 23.2 Å². The highest BCUT2D eigenvalue weighted by Crippen LogP contribution is 2.23. The molecule has 1 saturated heterocycles. The molecule has 1 aliphatic heterocycles. The summed E-state index contributed by atoms with van der Waals surface area (Å²) < 4.78 is 5.52. The summed E-state index contributed by atoms with van der Waals surface area (Å²) in [6, 6.07) is 12.1. The third kappa shape index (κ3) is 6.85. The van der Waals surface area contributed by atoms with E-state index in [1.165, 1.54) is 5.56 Å². The molecule has 0 spiro atoms. The van der Waals surface area contributed by atoms with Crippen LogP contribution in [-0.4, -0.2) is 62.3 Å². The van der Waals surface area contributed by atoms with E-state index >= 15 is 0 Å². The Kier molecular flexibility index (Phi) is 8.55. The number of benzene rings is 1. The van der Waals surface area contributed by atoms with Crippen molar-refractivity contribution in [3.63, 3.8) is 0 Å². The summed E-state index contributed by atoms with van der Waals surface area (Å²) in [7, 11) is 1.78. The van der Waals surface area contributed by atoms with Gasteiger partial charge in [-0.3, -0.25) is 9.89 Å². The van der Waals surface area contributed by atoms with Crippen LogP contribution in [0.25, 0.3) is 0 Å². The van der Waals surface area contributed by atoms with Crippen LogP contribution in [-0.2, 0) is 11.2 Å². The van der Waals surface area contributed by atoms with Crippen LogP contribution in [0.2, 0.25) is 10.2 Å². The molecule has 1 unspecified atom stereocenters. The van der Waals surface area contributed by atoms with Gasteiger partial charge in [0.1, 0.15) is 5.15 Å². The molecule has 0 amide bonds. The van der Waals surface area contributed by atoms with E-state index in [4.69, 9.17) is 27.9 Å². The van der Waals surface area contributed by atoms with Gasteiger partial charge in [0.15, 0.2) is 5.96 Å². The molecule has 1 atom stereocenters. The van der Waals surface area contributed by atoms with Crippen LogP contribution in [0.1, 0.15) is 17.2 Å². The molecule has 8 heteroatoms. The third-order valence-corrected chi connectivity index (χ3v) is 5.40. The number of ether oxygens (including phenoxy) is 1. The number of aliphatic imine (C=N–C) groups is 1. The molecule has 1 fully saturated rings. The lowest BCUT2D eigenvalue weighted by Crippen LogP contribution is -2.46. The minimum Gasteiger partial charge on any atom is -0.379 e. The summed E-state index contributed by atoms with van der Waals surface area (Å²) in [5.74, 6) is 0.777. The number of hydrogen-bond acceptors (Lipinski definition) is 4. The second-order valence-electron chi connectivity index (χ2n) is 6.83. The predicted molar refractivity (Wildman–Crippen MR) is 119 cm³/mol. The Labute approximate surface area is 182 Å². The number of aromatic nitrogens is 1. The normalized spacial score (nSPS) is 16.4. The summed E-state index contributed by atoms with van der Waals surface area (Å²) in [4.78, 5) is 10.9. The molecule has 0 bridgehead atoms. The van der Waals surface area contributed by atoms with Gasteiger partial charge in [-0.05, 0) is 35.7 Å². The van der Waals surface area contributed by atoms with Crippen molar-refractivity contribution in [2.45, 2.75) is 12.5 Å². The Bertz CT molecular complexity index is 777. The maximum Gasteiger partial charge on any atom is 0.191 e. The van der Waals surface area contributed by atoms with Gasteiger partial charge in [-0.25, -0.2) is 4.98 Å². The van der Waals surface area contributed by atoms with Crippen molar-refractivity contribution in [3.05, 3.63) is 63.9 Å². The van der Waals surface area contributed by atoms with Gasteiger partial charge in [-0.2, -0.15) is 0 Å². The number of nitrogens with zero attached hydrogens (tertiary/aromatic N) is 3. The predicted octanol–water partition coefficient (Wildman–Crippen LogP) is 3.17. The lowest BCUT2D eigenvalue weighted by atomic mass is 10.0. The standard InChI is InChI=1S/C21H27Cl2N5O/c1-24-21(25-9-8-16-2-7-20(23)26-14-16)27-15-19(28-10-12-29-13-11-28)17-3-5-18(22)6-4-17/h2-7,14,19H,8-13,15H2,1H3,(H2,24,25,27). The van der Waals surface area contributed by atoms with Crippen LogP contribution in [0.5, 0.6) is 0 Å². The van der Waals surface area contributed by atoms with Gasteiger partial charge in [0.05, 0.1) is 19.3 Å². The fourth-order valence-corrected chi connectivity index (χ4v) is 3.56. The van der Waals surface area contributed by atoms with Crippen LogP contribution in [0.3, 0.4) is 0 Å². The van der Waals surface area contributed by atoms with E-state index < -0.39 is 0 Å². The van der Waals surface area contributed by atoms with Crippen molar-refractivity contribution in [2.24, 2.45) is 4.99 Å². The van der Waals surface area contributed by atoms with Crippen LogP contribution in [0, 0.1) is 0 Å². The molecule has 1 aromatic heterocycles. The molecule has 2 heterocycles. The Balaban J connectivity index is 1.56. The number of guanidine groups is 1. The molecule has 2 N–H and O–H groups in total. The third-order valence-electron chi connectivity index (χ3n) is 4.92. The fourth-order valence-electron chi connectivity index (χ4n) is 3.33. The number of morpholine rings is 1. The van der Waals surface area contributed by atoms with Gasteiger partial charge in [0, 0.05) is 44.4 Å². The van der Waals surface area contributed by atoms with Crippen LogP contribution in [0.4, 0.5) is 0 Å². The monoisotopic (exact) mass is 435 g/mol. The lowest BCUT2D eigenvalue weighted by Gasteiger charge is -2.35. The first-order valence-electron chi connectivity index (χ1n) is 9.78. The lowest BCUT2D eigenvalue weighted by molar-refractivity contribution is 0.0170. The van der Waals surface area contributed by atoms with Gasteiger partial charge in [-0.15, -0.1) is 0 Å². The Morgan fingerprint density at radius 1 is 1.14 bits per heavy atom. The number of rotatable bonds is 7. The van der Waals surface area contributed by atoms with Crippen LogP contribution < -0.4 is 10.6 Å². The van der Waals surface area contributed by atoms with E-state index in [0.29, 0.717) is 5.15 Å². The molecule has 1 aliphatic rings. The van der Waals surface area contributed by atoms with E-state index in [0.717, 1.165) is 62.4 Å². The Hall–Kier alpha value is -1.86. The summed E-state index contributed by atoms with van der Waals surface area (Å²) in [6.07, 6.45) is 2.64. The molecular weight excluding hydrogens is 409 g/mol. The van der Waals surface area contributed by atoms with Gasteiger partial charge in [0.2, 0.25) is 0 Å². The molecule has 0 radical (unpaired) electrons. The van der Waals surface area contributed by atoms with E-state index in [-0.39, 0.29) is 6.04 Å². The molecule has 2 aromatic rings. The minimum absolute atomic E-state index is 0.218. The van der Waals surface area contributed by atoms with Gasteiger partial charge in [-0.1, -0.05) is 41.4 Å². The summed E-state index contributed by atoms with van der Waals surface area (Å²) in [5, 5.41) is 8.08. The fraction of sp³-hybridized carbons (Fsp3) is 0.429. The molecule has 156 valence electrons. The summed E-state index contributed by atoms with van der Waals surface area (Å²) in [6.45, 7) is 4.82. The second kappa shape index (κ2) is 11.4. The van der Waals surface area contributed by atoms with E-state index in [1.807, 2.05) is 24.3 Å². The molecule has 0 saturated carbocycles. The smallest absolute Gasteiger partial charge is 0.191 e. The van der Waals surface area contributed by atoms with E-state index in [2.05, 4.69) is 37.6 Å². The maximum absolute atomic E-state index is 6.08. The quantitative estimate of drug-likeness (QED) is 0.397. The van der Waals surface area contributed by atoms with Crippen molar-refractivity contribution in [2.75, 3.05) is 46.4 Å². The van der Waals surface area contributed by atoms with Crippen LogP contribution in [0.15, 0.2) is 47.6 Å². The number of pyridine rings is 1. The Morgan fingerprint density at radius 2 is 1.90 bits per heavy atom. The van der Waals surface area contributed by atoms with E-state index in [1.54, 1.807) is 13.2 Å². The average molecular weight is 436 g/mol. The molecule has 3 rings (SSSR count). The first-order chi connectivity index (χ1) is 14.2. The molecule has 1 aromatic carbocycles. The van der Waals surface area contributed by atoms with Crippen molar-refractivity contribution < 1.29 is 4.74 Å². The van der Waals surface area contributed by atoms with Gasteiger partial charge >= 0.3 is 0 Å². The molecule has 0 aliphatic carbocycles. The van der Waals surface area contributed by atoms with Crippen molar-refractivity contribution in [3.8, 4) is 0 Å². The number of halogens is 2. The zero-order valence-corrected chi connectivity index (χ0v) is 18.1. The SMILES string of the molecule is CN=C(NCCc1ccc(Cl)nc1)NCC(c1ccc(Cl)cc1)N1CCOCC1. The highest BCUT2D eigenvalue weighted by molar-refractivity contribution is 6.30. The minimum atomic E-state index is 0.218. The van der Waals surface area contributed by atoms with Crippen molar-refractivity contribution in [1.82, 2.24) is 20.5 Å². The largest absolute Gasteiger partial charge is 0.379 e. The topological polar surface area (TPSA) is 61.8 Å². The van der Waals surface area contributed by atoms with Crippen molar-refractivity contribution in [1.29, 1.82) is 0 Å². The molecular formula is C21H27Cl2N5O. The number of nitrogens with one attached hydrogen (secondary N) is 2. The molecule has 29 heavy (non-hydrogen) atoms.